The second-order valence-electron chi connectivity index (χ2n) is 8.87. The predicted molar refractivity (Wildman–Crippen MR) is 134 cm³/mol. The van der Waals surface area contributed by atoms with Crippen molar-refractivity contribution in [2.45, 2.75) is 11.6 Å². The molecule has 0 saturated carbocycles. The number of nitrogen functional groups attached to an aromatic ring is 1. The molecule has 0 aliphatic carbocycles. The molecule has 5 aromatic rings. The second kappa shape index (κ2) is 8.25. The van der Waals surface area contributed by atoms with Crippen LogP contribution in [0.5, 0.6) is 0 Å². The number of nitrogens with one attached hydrogen (secondary N) is 1. The van der Waals surface area contributed by atoms with Gasteiger partial charge in [0.2, 0.25) is 0 Å². The molecule has 2 atom stereocenters. The summed E-state index contributed by atoms with van der Waals surface area (Å²) < 4.78 is 41.3. The summed E-state index contributed by atoms with van der Waals surface area (Å²) in [6.45, 7) is 0. The number of imidazole rings is 1. The van der Waals surface area contributed by atoms with Gasteiger partial charge in [0.1, 0.15) is 30.0 Å². The lowest BCUT2D eigenvalue weighted by atomic mass is 9.76. The fourth-order valence-electron chi connectivity index (χ4n) is 5.23. The van der Waals surface area contributed by atoms with Crippen molar-refractivity contribution in [3.05, 3.63) is 120 Å². The molecule has 2 aliphatic rings. The Bertz CT molecular complexity index is 1710. The van der Waals surface area contributed by atoms with Crippen LogP contribution in [0.1, 0.15) is 22.9 Å². The molecule has 2 aliphatic heterocycles. The number of nitrogens with zero attached hydrogens (tertiary/aromatic N) is 5. The van der Waals surface area contributed by atoms with Gasteiger partial charge in [0.05, 0.1) is 17.4 Å². The number of halogens is 2. The topological polar surface area (TPSA) is 106 Å². The minimum absolute atomic E-state index is 0.323. The van der Waals surface area contributed by atoms with Crippen molar-refractivity contribution < 1.29 is 17.9 Å². The van der Waals surface area contributed by atoms with Crippen LogP contribution in [0.15, 0.2) is 101 Å². The average molecular weight is 511 g/mol. The van der Waals surface area contributed by atoms with E-state index in [1.165, 1.54) is 30.5 Å². The molecule has 0 fully saturated rings. The van der Waals surface area contributed by atoms with Crippen LogP contribution in [-0.4, -0.2) is 25.3 Å². The van der Waals surface area contributed by atoms with Gasteiger partial charge < -0.3 is 14.6 Å². The first-order valence-electron chi connectivity index (χ1n) is 11.7. The van der Waals surface area contributed by atoms with E-state index in [-0.39, 0.29) is 11.6 Å². The zero-order chi connectivity index (χ0) is 25.9. The summed E-state index contributed by atoms with van der Waals surface area (Å²) in [4.78, 5) is 16.2. The highest BCUT2D eigenvalue weighted by molar-refractivity contribution is 5.84. The van der Waals surface area contributed by atoms with E-state index in [4.69, 9.17) is 25.0 Å². The van der Waals surface area contributed by atoms with E-state index in [0.29, 0.717) is 40.2 Å². The summed E-state index contributed by atoms with van der Waals surface area (Å²) in [5.74, 6) is 5.61. The normalized spacial score (nSPS) is 20.0. The molecule has 7 rings (SSSR count). The number of pyridine rings is 1. The van der Waals surface area contributed by atoms with Crippen LogP contribution in [0, 0.1) is 11.6 Å². The van der Waals surface area contributed by atoms with Crippen LogP contribution in [0.2, 0.25) is 0 Å². The van der Waals surface area contributed by atoms with Gasteiger partial charge in [-0.1, -0.05) is 18.2 Å². The lowest BCUT2D eigenvalue weighted by Gasteiger charge is -2.36. The summed E-state index contributed by atoms with van der Waals surface area (Å²) in [6, 6.07) is 15.7. The number of aromatic nitrogens is 3. The predicted octanol–water partition coefficient (Wildman–Crippen LogP) is 4.71. The molecule has 3 N–H and O–H groups in total. The number of nitrogens with two attached hydrogens (primary N) is 1. The Morgan fingerprint density at radius 2 is 1.74 bits per heavy atom. The number of ether oxygens (including phenoxy) is 1. The molecule has 11 heteroatoms. The van der Waals surface area contributed by atoms with Crippen molar-refractivity contribution in [3.8, 4) is 11.3 Å². The molecule has 0 radical (unpaired) electrons. The van der Waals surface area contributed by atoms with Gasteiger partial charge >= 0.3 is 5.84 Å². The van der Waals surface area contributed by atoms with E-state index < -0.39 is 11.6 Å². The van der Waals surface area contributed by atoms with Gasteiger partial charge in [-0.3, -0.25) is 9.30 Å². The highest BCUT2D eigenvalue weighted by atomic mass is 19.1. The second-order valence-corrected chi connectivity index (χ2v) is 8.87. The molecule has 0 saturated heterocycles. The van der Waals surface area contributed by atoms with Crippen LogP contribution >= 0.6 is 0 Å². The van der Waals surface area contributed by atoms with Crippen molar-refractivity contribution in [2.24, 2.45) is 10.8 Å². The number of fused-ring (bicyclic) bond motifs is 2. The number of hydrogen-bond donors (Lipinski definition) is 2. The Morgan fingerprint density at radius 3 is 2.45 bits per heavy atom. The number of aliphatic imine (C=N–C) groups is 1. The Kier molecular flexibility index (Phi) is 4.82. The molecule has 0 bridgehead atoms. The number of rotatable bonds is 5. The summed E-state index contributed by atoms with van der Waals surface area (Å²) >= 11 is 0. The van der Waals surface area contributed by atoms with Gasteiger partial charge in [-0.15, -0.1) is 0 Å². The monoisotopic (exact) mass is 511 g/mol. The van der Waals surface area contributed by atoms with Gasteiger partial charge in [0, 0.05) is 24.2 Å². The Labute approximate surface area is 214 Å². The van der Waals surface area contributed by atoms with Gasteiger partial charge in [-0.2, -0.15) is 4.98 Å². The number of hydrogen-bond acceptors (Lipinski definition) is 8. The highest BCUT2D eigenvalue weighted by Gasteiger charge is 2.56. The maximum Gasteiger partial charge on any atom is 0.306 e. The van der Waals surface area contributed by atoms with Crippen LogP contribution in [0.4, 0.5) is 14.6 Å². The van der Waals surface area contributed by atoms with E-state index in [0.717, 1.165) is 5.56 Å². The third kappa shape index (κ3) is 3.15. The maximum absolute atomic E-state index is 14.2. The van der Waals surface area contributed by atoms with E-state index in [1.807, 2.05) is 11.0 Å². The van der Waals surface area contributed by atoms with Crippen molar-refractivity contribution in [1.29, 1.82) is 0 Å². The quantitative estimate of drug-likeness (QED) is 0.260. The molecule has 3 aromatic heterocycles. The van der Waals surface area contributed by atoms with Crippen molar-refractivity contribution >= 4 is 17.7 Å². The molecular weight excluding hydrogens is 492 g/mol. The largest absolute Gasteiger partial charge is 0.432 e. The third-order valence-electron chi connectivity index (χ3n) is 6.84. The SMILES string of the molecule is NNc1ccc(C2N3C=COC3=NC2(c2ccc(F)cc2)c2c(-c3ccc(F)cc3)nc3occn23)cn1. The van der Waals surface area contributed by atoms with Gasteiger partial charge in [0.15, 0.2) is 5.54 Å². The minimum Gasteiger partial charge on any atom is -0.432 e. The highest BCUT2D eigenvalue weighted by Crippen LogP contribution is 2.55. The lowest BCUT2D eigenvalue weighted by molar-refractivity contribution is 0.310. The smallest absolute Gasteiger partial charge is 0.306 e. The number of benzene rings is 2. The minimum atomic E-state index is -1.22. The Balaban J connectivity index is 1.58. The lowest BCUT2D eigenvalue weighted by Crippen LogP contribution is -2.37. The van der Waals surface area contributed by atoms with Crippen LogP contribution in [0.3, 0.4) is 0 Å². The standard InChI is InChI=1S/C27H19F2N7O2/c28-19-6-1-16(2-7-19)22-24(36-12-13-37-25(36)32-22)27(18-4-8-20(29)9-5-18)23(35-11-14-38-26(35)33-27)17-3-10-21(34-30)31-15-17/h1-15,23H,30H2,(H,31,34). The van der Waals surface area contributed by atoms with Crippen molar-refractivity contribution in [3.63, 3.8) is 0 Å². The van der Waals surface area contributed by atoms with Crippen LogP contribution < -0.4 is 11.3 Å². The molecular formula is C27H19F2N7O2. The van der Waals surface area contributed by atoms with Crippen molar-refractivity contribution in [2.75, 3.05) is 5.43 Å². The maximum atomic E-state index is 14.2. The fraction of sp³-hybridized carbons (Fsp3) is 0.0741. The molecule has 9 nitrogen and oxygen atoms in total. The Hall–Kier alpha value is -5.03. The fourth-order valence-corrected chi connectivity index (χ4v) is 5.23. The molecule has 188 valence electrons. The average Bonchev–Trinajstić information content (AvgIpc) is 3.70. The molecule has 2 unspecified atom stereocenters. The number of anilines is 1. The summed E-state index contributed by atoms with van der Waals surface area (Å²) in [5, 5.41) is 0. The van der Waals surface area contributed by atoms with E-state index in [9.17, 15) is 8.78 Å². The molecule has 0 spiro atoms. The van der Waals surface area contributed by atoms with E-state index in [1.54, 1.807) is 59.6 Å². The summed E-state index contributed by atoms with van der Waals surface area (Å²) in [7, 11) is 0. The van der Waals surface area contributed by atoms with Gasteiger partial charge in [-0.25, -0.2) is 24.6 Å². The zero-order valence-electron chi connectivity index (χ0n) is 19.6. The number of amidine groups is 1. The van der Waals surface area contributed by atoms with E-state index >= 15 is 0 Å². The molecule has 2 aromatic carbocycles. The zero-order valence-corrected chi connectivity index (χ0v) is 19.6. The van der Waals surface area contributed by atoms with Crippen LogP contribution in [-0.2, 0) is 10.3 Å². The van der Waals surface area contributed by atoms with Crippen LogP contribution in [0.25, 0.3) is 17.1 Å². The molecule has 5 heterocycles. The third-order valence-corrected chi connectivity index (χ3v) is 6.84. The first kappa shape index (κ1) is 22.2. The molecule has 38 heavy (non-hydrogen) atoms. The summed E-state index contributed by atoms with van der Waals surface area (Å²) in [6.07, 6.45) is 8.31. The molecule has 0 amide bonds. The number of hydrazine groups is 1. The Morgan fingerprint density at radius 1 is 0.974 bits per heavy atom. The summed E-state index contributed by atoms with van der Waals surface area (Å²) in [5.41, 5.74) is 4.59. The first-order valence-corrected chi connectivity index (χ1v) is 11.7. The number of oxazole rings is 1. The first-order chi connectivity index (χ1) is 18.6. The van der Waals surface area contributed by atoms with E-state index in [2.05, 4.69) is 10.4 Å². The van der Waals surface area contributed by atoms with Gasteiger partial charge in [0.25, 0.3) is 6.02 Å². The van der Waals surface area contributed by atoms with Crippen molar-refractivity contribution in [1.82, 2.24) is 19.3 Å². The van der Waals surface area contributed by atoms with Gasteiger partial charge in [-0.05, 0) is 53.6 Å².